The van der Waals surface area contributed by atoms with Gasteiger partial charge in [0.25, 0.3) is 5.91 Å². The van der Waals surface area contributed by atoms with E-state index in [1.54, 1.807) is 12.1 Å². The van der Waals surface area contributed by atoms with E-state index in [0.29, 0.717) is 5.69 Å². The van der Waals surface area contributed by atoms with Crippen molar-refractivity contribution in [2.75, 3.05) is 14.1 Å². The van der Waals surface area contributed by atoms with E-state index in [2.05, 4.69) is 10.2 Å². The summed E-state index contributed by atoms with van der Waals surface area (Å²) in [6.07, 6.45) is 5.79. The monoisotopic (exact) mass is 393 g/mol. The fourth-order valence-electron chi connectivity index (χ4n) is 3.91. The van der Waals surface area contributed by atoms with Gasteiger partial charge in [0.05, 0.1) is 6.04 Å². The molecule has 0 aliphatic heterocycles. The second kappa shape index (κ2) is 9.38. The Morgan fingerprint density at radius 3 is 2.33 bits per heavy atom. The van der Waals surface area contributed by atoms with Crippen LogP contribution in [0.25, 0.3) is 0 Å². The average Bonchev–Trinajstić information content (AvgIpc) is 2.99. The fraction of sp³-hybridized carbons (Fsp3) is 0.476. The number of nitrogens with zero attached hydrogens (tertiary/aromatic N) is 2. The van der Waals surface area contributed by atoms with Crippen molar-refractivity contribution >= 4 is 18.3 Å². The number of carbonyl (C=O) groups excluding carboxylic acids is 1. The number of amides is 1. The molecule has 0 bridgehead atoms. The molecule has 1 amide bonds. The van der Waals surface area contributed by atoms with Crippen molar-refractivity contribution in [1.82, 2.24) is 14.8 Å². The number of aromatic nitrogens is 1. The van der Waals surface area contributed by atoms with Gasteiger partial charge in [-0.25, -0.2) is 4.39 Å². The Morgan fingerprint density at radius 1 is 1.11 bits per heavy atom. The molecule has 1 aromatic carbocycles. The summed E-state index contributed by atoms with van der Waals surface area (Å²) in [4.78, 5) is 14.8. The molecule has 4 nitrogen and oxygen atoms in total. The van der Waals surface area contributed by atoms with Crippen LogP contribution in [-0.4, -0.2) is 35.5 Å². The molecule has 1 aliphatic rings. The molecule has 1 saturated carbocycles. The van der Waals surface area contributed by atoms with Gasteiger partial charge in [-0.15, -0.1) is 12.4 Å². The van der Waals surface area contributed by atoms with Crippen LogP contribution in [0.5, 0.6) is 0 Å². The Bertz CT molecular complexity index is 751. The van der Waals surface area contributed by atoms with E-state index in [4.69, 9.17) is 0 Å². The third kappa shape index (κ3) is 4.90. The molecule has 1 unspecified atom stereocenters. The lowest BCUT2D eigenvalue weighted by Gasteiger charge is -2.26. The van der Waals surface area contributed by atoms with Crippen molar-refractivity contribution < 1.29 is 9.18 Å². The first-order valence-corrected chi connectivity index (χ1v) is 9.35. The highest BCUT2D eigenvalue weighted by Gasteiger charge is 2.24. The highest BCUT2D eigenvalue weighted by molar-refractivity contribution is 5.93. The van der Waals surface area contributed by atoms with E-state index in [1.165, 1.54) is 31.4 Å². The summed E-state index contributed by atoms with van der Waals surface area (Å²) in [5, 5.41) is 3.18. The van der Waals surface area contributed by atoms with Crippen molar-refractivity contribution in [3.63, 3.8) is 0 Å². The normalized spacial score (nSPS) is 16.0. The molecule has 2 aromatic rings. The van der Waals surface area contributed by atoms with Crippen LogP contribution in [0.1, 0.15) is 59.9 Å². The smallest absolute Gasteiger partial charge is 0.268 e. The van der Waals surface area contributed by atoms with Gasteiger partial charge in [0.2, 0.25) is 0 Å². The molecule has 1 aliphatic carbocycles. The van der Waals surface area contributed by atoms with Gasteiger partial charge in [0.15, 0.2) is 0 Å². The summed E-state index contributed by atoms with van der Waals surface area (Å²) in [6, 6.07) is 10.7. The van der Waals surface area contributed by atoms with Crippen molar-refractivity contribution in [2.45, 2.75) is 44.2 Å². The molecule has 1 atom stereocenters. The third-order valence-corrected chi connectivity index (χ3v) is 5.32. The van der Waals surface area contributed by atoms with Gasteiger partial charge < -0.3 is 9.88 Å². The fourth-order valence-corrected chi connectivity index (χ4v) is 3.91. The summed E-state index contributed by atoms with van der Waals surface area (Å²) in [7, 11) is 5.90. The quantitative estimate of drug-likeness (QED) is 0.822. The topological polar surface area (TPSA) is 37.3 Å². The lowest BCUT2D eigenvalue weighted by atomic mass is 9.95. The standard InChI is InChI=1S/C21H28FN3O.ClH/c1-24(2)20(15-9-11-16(22)12-10-15)18-13-14-19(25(18)3)21(26)23-17-7-5-4-6-8-17;/h9-14,17,20H,4-8H2,1-3H3,(H,23,26);1H. The molecule has 1 heterocycles. The minimum Gasteiger partial charge on any atom is -0.348 e. The van der Waals surface area contributed by atoms with Gasteiger partial charge in [-0.05, 0) is 56.8 Å². The molecule has 1 aromatic heterocycles. The zero-order chi connectivity index (χ0) is 18.7. The van der Waals surface area contributed by atoms with Crippen molar-refractivity contribution in [3.05, 3.63) is 59.2 Å². The number of nitrogens with one attached hydrogen (secondary N) is 1. The molecule has 3 rings (SSSR count). The lowest BCUT2D eigenvalue weighted by molar-refractivity contribution is 0.0918. The van der Waals surface area contributed by atoms with Gasteiger partial charge in [0, 0.05) is 18.8 Å². The van der Waals surface area contributed by atoms with E-state index >= 15 is 0 Å². The number of benzene rings is 1. The van der Waals surface area contributed by atoms with Crippen molar-refractivity contribution in [1.29, 1.82) is 0 Å². The Kier molecular flexibility index (Phi) is 7.45. The first-order chi connectivity index (χ1) is 12.5. The van der Waals surface area contributed by atoms with Gasteiger partial charge in [-0.1, -0.05) is 31.4 Å². The van der Waals surface area contributed by atoms with E-state index in [9.17, 15) is 9.18 Å². The van der Waals surface area contributed by atoms with Crippen molar-refractivity contribution in [3.8, 4) is 0 Å². The van der Waals surface area contributed by atoms with Crippen LogP contribution in [0.3, 0.4) is 0 Å². The zero-order valence-corrected chi connectivity index (χ0v) is 17.1. The summed E-state index contributed by atoms with van der Waals surface area (Å²) in [5.74, 6) is -0.257. The van der Waals surface area contributed by atoms with Gasteiger partial charge >= 0.3 is 0 Å². The highest BCUT2D eigenvalue weighted by atomic mass is 35.5. The molecule has 0 radical (unpaired) electrons. The summed E-state index contributed by atoms with van der Waals surface area (Å²) >= 11 is 0. The van der Waals surface area contributed by atoms with Gasteiger partial charge in [-0.2, -0.15) is 0 Å². The van der Waals surface area contributed by atoms with Crippen LogP contribution in [-0.2, 0) is 7.05 Å². The Hall–Kier alpha value is -1.85. The number of carbonyl (C=O) groups is 1. The van der Waals surface area contributed by atoms with E-state index in [1.807, 2.05) is 37.8 Å². The van der Waals surface area contributed by atoms with Crippen LogP contribution >= 0.6 is 12.4 Å². The highest BCUT2D eigenvalue weighted by Crippen LogP contribution is 2.28. The predicted octanol–water partition coefficient (Wildman–Crippen LogP) is 4.30. The first kappa shape index (κ1) is 21.5. The summed E-state index contributed by atoms with van der Waals surface area (Å²) in [6.45, 7) is 0. The van der Waals surface area contributed by atoms with Gasteiger partial charge in [-0.3, -0.25) is 9.69 Å². The summed E-state index contributed by atoms with van der Waals surface area (Å²) < 4.78 is 15.2. The number of hydrogen-bond acceptors (Lipinski definition) is 2. The van der Waals surface area contributed by atoms with E-state index in [0.717, 1.165) is 24.1 Å². The second-order valence-corrected chi connectivity index (χ2v) is 7.43. The van der Waals surface area contributed by atoms with Gasteiger partial charge in [0.1, 0.15) is 11.5 Å². The van der Waals surface area contributed by atoms with E-state index < -0.39 is 0 Å². The van der Waals surface area contributed by atoms with Crippen LogP contribution in [0, 0.1) is 5.82 Å². The average molecular weight is 394 g/mol. The Balaban J connectivity index is 0.00000261. The molecule has 0 saturated heterocycles. The molecule has 6 heteroatoms. The number of hydrogen-bond donors (Lipinski definition) is 1. The lowest BCUT2D eigenvalue weighted by Crippen LogP contribution is -2.37. The van der Waals surface area contributed by atoms with Crippen molar-refractivity contribution in [2.24, 2.45) is 7.05 Å². The Labute approximate surface area is 167 Å². The molecule has 148 valence electrons. The first-order valence-electron chi connectivity index (χ1n) is 9.35. The molecule has 1 fully saturated rings. The largest absolute Gasteiger partial charge is 0.348 e. The maximum Gasteiger partial charge on any atom is 0.268 e. The maximum absolute atomic E-state index is 13.3. The molecule has 27 heavy (non-hydrogen) atoms. The van der Waals surface area contributed by atoms with E-state index in [-0.39, 0.29) is 36.2 Å². The molecular formula is C21H29ClFN3O. The SMILES string of the molecule is CN(C)C(c1ccc(F)cc1)c1ccc(C(=O)NC2CCCCC2)n1C.Cl. The van der Waals surface area contributed by atoms with Crippen LogP contribution in [0.15, 0.2) is 36.4 Å². The van der Waals surface area contributed by atoms with Crippen LogP contribution < -0.4 is 5.32 Å². The zero-order valence-electron chi connectivity index (χ0n) is 16.2. The molecular weight excluding hydrogens is 365 g/mol. The number of rotatable bonds is 5. The second-order valence-electron chi connectivity index (χ2n) is 7.43. The predicted molar refractivity (Wildman–Crippen MR) is 109 cm³/mol. The number of halogens is 2. The molecule has 1 N–H and O–H groups in total. The maximum atomic E-state index is 13.3. The van der Waals surface area contributed by atoms with Crippen LogP contribution in [0.2, 0.25) is 0 Å². The molecule has 0 spiro atoms. The minimum absolute atomic E-state index is 0. The summed E-state index contributed by atoms with van der Waals surface area (Å²) in [5.41, 5.74) is 2.67. The third-order valence-electron chi connectivity index (χ3n) is 5.32. The Morgan fingerprint density at radius 2 is 1.74 bits per heavy atom. The van der Waals surface area contributed by atoms with Crippen LogP contribution in [0.4, 0.5) is 4.39 Å². The minimum atomic E-state index is -0.245.